The number of halogens is 2. The molecule has 1 amide bonds. The molecular formula is C21H28FIN4O2. The molecule has 8 heteroatoms. The molecule has 3 N–H and O–H groups in total. The number of hydrogen-bond donors (Lipinski definition) is 3. The molecule has 0 heterocycles. The van der Waals surface area contributed by atoms with Gasteiger partial charge in [0.1, 0.15) is 17.7 Å². The summed E-state index contributed by atoms with van der Waals surface area (Å²) < 4.78 is 18.7. The van der Waals surface area contributed by atoms with E-state index in [0.29, 0.717) is 30.4 Å². The van der Waals surface area contributed by atoms with Crippen LogP contribution in [-0.4, -0.2) is 38.1 Å². The van der Waals surface area contributed by atoms with Crippen molar-refractivity contribution in [1.29, 1.82) is 0 Å². The zero-order valence-electron chi connectivity index (χ0n) is 16.9. The van der Waals surface area contributed by atoms with Crippen molar-refractivity contribution in [3.8, 4) is 5.75 Å². The van der Waals surface area contributed by atoms with Crippen LogP contribution in [0.2, 0.25) is 0 Å². The van der Waals surface area contributed by atoms with Crippen LogP contribution >= 0.6 is 24.0 Å². The maximum absolute atomic E-state index is 13.0. The first-order valence-electron chi connectivity index (χ1n) is 9.27. The third-order valence-electron chi connectivity index (χ3n) is 3.89. The van der Waals surface area contributed by atoms with Gasteiger partial charge in [-0.05, 0) is 55.8 Å². The van der Waals surface area contributed by atoms with Crippen molar-refractivity contribution in [2.24, 2.45) is 4.99 Å². The van der Waals surface area contributed by atoms with Crippen LogP contribution in [0.3, 0.4) is 0 Å². The van der Waals surface area contributed by atoms with Gasteiger partial charge in [0.2, 0.25) is 0 Å². The van der Waals surface area contributed by atoms with Gasteiger partial charge in [-0.1, -0.05) is 12.1 Å². The van der Waals surface area contributed by atoms with Crippen molar-refractivity contribution in [2.75, 3.05) is 20.1 Å². The Morgan fingerprint density at radius 2 is 1.90 bits per heavy atom. The van der Waals surface area contributed by atoms with Gasteiger partial charge in [-0.25, -0.2) is 9.38 Å². The van der Waals surface area contributed by atoms with E-state index in [9.17, 15) is 9.18 Å². The highest BCUT2D eigenvalue weighted by molar-refractivity contribution is 14.0. The Labute approximate surface area is 188 Å². The van der Waals surface area contributed by atoms with Gasteiger partial charge in [-0.2, -0.15) is 0 Å². The molecule has 0 saturated heterocycles. The monoisotopic (exact) mass is 514 g/mol. The summed E-state index contributed by atoms with van der Waals surface area (Å²) in [6.45, 7) is 5.60. The Balaban J connectivity index is 0.00000420. The number of carbonyl (C=O) groups excluding carboxylic acids is 1. The lowest BCUT2D eigenvalue weighted by molar-refractivity contribution is 0.0963. The van der Waals surface area contributed by atoms with Gasteiger partial charge in [0.25, 0.3) is 5.91 Å². The number of amides is 1. The number of guanidine groups is 1. The molecule has 0 aromatic heterocycles. The third-order valence-corrected chi connectivity index (χ3v) is 3.89. The Bertz CT molecular complexity index is 800. The second kappa shape index (κ2) is 13.0. The second-order valence-corrected chi connectivity index (χ2v) is 6.24. The number of nitrogens with zero attached hydrogens (tertiary/aromatic N) is 1. The lowest BCUT2D eigenvalue weighted by Crippen LogP contribution is -2.41. The van der Waals surface area contributed by atoms with E-state index < -0.39 is 0 Å². The summed E-state index contributed by atoms with van der Waals surface area (Å²) in [6.07, 6.45) is -0.133. The standard InChI is InChI=1S/C21H27FN4O2.HI/c1-4-24-21(25-13-15(2)28-19-10-8-18(22)9-11-19)26-14-16-6-5-7-17(12-16)20(27)23-3;/h5-12,15H,4,13-14H2,1-3H3,(H,23,27)(H2,24,25,26);1H. The number of carbonyl (C=O) groups is 1. The van der Waals surface area contributed by atoms with Gasteiger partial charge < -0.3 is 20.7 Å². The van der Waals surface area contributed by atoms with Crippen LogP contribution in [0.4, 0.5) is 4.39 Å². The largest absolute Gasteiger partial charge is 0.489 e. The van der Waals surface area contributed by atoms with Crippen molar-refractivity contribution in [1.82, 2.24) is 16.0 Å². The first-order chi connectivity index (χ1) is 13.5. The Kier molecular flexibility index (Phi) is 11.0. The number of rotatable bonds is 8. The van der Waals surface area contributed by atoms with Gasteiger partial charge in [0.15, 0.2) is 5.96 Å². The van der Waals surface area contributed by atoms with E-state index in [2.05, 4.69) is 20.9 Å². The zero-order chi connectivity index (χ0) is 20.4. The van der Waals surface area contributed by atoms with Crippen LogP contribution < -0.4 is 20.7 Å². The molecule has 0 saturated carbocycles. The van der Waals surface area contributed by atoms with Gasteiger partial charge in [0.05, 0.1) is 13.1 Å². The topological polar surface area (TPSA) is 74.8 Å². The van der Waals surface area contributed by atoms with Crippen LogP contribution in [0.15, 0.2) is 53.5 Å². The molecule has 0 aliphatic rings. The van der Waals surface area contributed by atoms with E-state index in [1.807, 2.05) is 32.0 Å². The second-order valence-electron chi connectivity index (χ2n) is 6.24. The minimum Gasteiger partial charge on any atom is -0.489 e. The summed E-state index contributed by atoms with van der Waals surface area (Å²) in [5, 5.41) is 9.03. The summed E-state index contributed by atoms with van der Waals surface area (Å²) in [6, 6.07) is 13.3. The third kappa shape index (κ3) is 8.68. The fourth-order valence-electron chi connectivity index (χ4n) is 2.49. The van der Waals surface area contributed by atoms with Crippen molar-refractivity contribution < 1.29 is 13.9 Å². The summed E-state index contributed by atoms with van der Waals surface area (Å²) in [5.41, 5.74) is 1.54. The average Bonchev–Trinajstić information content (AvgIpc) is 2.71. The van der Waals surface area contributed by atoms with Crippen molar-refractivity contribution in [3.05, 3.63) is 65.5 Å². The van der Waals surface area contributed by atoms with Crippen LogP contribution in [0.25, 0.3) is 0 Å². The molecule has 2 aromatic carbocycles. The highest BCUT2D eigenvalue weighted by Gasteiger charge is 2.07. The number of hydrogen-bond acceptors (Lipinski definition) is 3. The van der Waals surface area contributed by atoms with Gasteiger partial charge in [-0.3, -0.25) is 4.79 Å². The fraction of sp³-hybridized carbons (Fsp3) is 0.333. The molecule has 0 bridgehead atoms. The van der Waals surface area contributed by atoms with Gasteiger partial charge >= 0.3 is 0 Å². The lowest BCUT2D eigenvalue weighted by Gasteiger charge is -2.17. The summed E-state index contributed by atoms with van der Waals surface area (Å²) >= 11 is 0. The first kappa shape index (κ1) is 24.7. The smallest absolute Gasteiger partial charge is 0.251 e. The Hall–Kier alpha value is -2.36. The summed E-state index contributed by atoms with van der Waals surface area (Å²) in [5.74, 6) is 0.855. The molecule has 2 aromatic rings. The SMILES string of the molecule is CCNC(=NCc1cccc(C(=O)NC)c1)NCC(C)Oc1ccc(F)cc1.I. The molecule has 0 aliphatic heterocycles. The molecule has 1 atom stereocenters. The molecular weight excluding hydrogens is 486 g/mol. The number of aliphatic imine (C=N–C) groups is 1. The van der Waals surface area contributed by atoms with Crippen molar-refractivity contribution in [2.45, 2.75) is 26.5 Å². The van der Waals surface area contributed by atoms with Crippen LogP contribution in [0.1, 0.15) is 29.8 Å². The van der Waals surface area contributed by atoms with E-state index in [0.717, 1.165) is 12.1 Å². The minimum absolute atomic E-state index is 0. The molecule has 1 unspecified atom stereocenters. The molecule has 0 aliphatic carbocycles. The number of ether oxygens (including phenoxy) is 1. The quantitative estimate of drug-likeness (QED) is 0.287. The summed E-state index contributed by atoms with van der Waals surface area (Å²) in [4.78, 5) is 16.3. The number of benzene rings is 2. The normalized spacial score (nSPS) is 11.8. The molecule has 0 fully saturated rings. The van der Waals surface area contributed by atoms with Gasteiger partial charge in [-0.15, -0.1) is 24.0 Å². The number of nitrogens with one attached hydrogen (secondary N) is 3. The predicted molar refractivity (Wildman–Crippen MR) is 125 cm³/mol. The van der Waals surface area contributed by atoms with Gasteiger partial charge in [0, 0.05) is 19.2 Å². The first-order valence-corrected chi connectivity index (χ1v) is 9.27. The Morgan fingerprint density at radius 1 is 1.17 bits per heavy atom. The maximum atomic E-state index is 13.0. The fourth-order valence-corrected chi connectivity index (χ4v) is 2.49. The highest BCUT2D eigenvalue weighted by atomic mass is 127. The van der Waals surface area contributed by atoms with E-state index in [1.54, 1.807) is 25.2 Å². The molecule has 29 heavy (non-hydrogen) atoms. The molecule has 0 spiro atoms. The minimum atomic E-state index is -0.291. The van der Waals surface area contributed by atoms with Crippen molar-refractivity contribution >= 4 is 35.8 Å². The van der Waals surface area contributed by atoms with Crippen LogP contribution in [-0.2, 0) is 6.54 Å². The lowest BCUT2D eigenvalue weighted by atomic mass is 10.1. The van der Waals surface area contributed by atoms with Crippen LogP contribution in [0, 0.1) is 5.82 Å². The highest BCUT2D eigenvalue weighted by Crippen LogP contribution is 2.12. The van der Waals surface area contributed by atoms with E-state index in [1.165, 1.54) is 12.1 Å². The maximum Gasteiger partial charge on any atom is 0.251 e. The average molecular weight is 514 g/mol. The zero-order valence-corrected chi connectivity index (χ0v) is 19.2. The van der Waals surface area contributed by atoms with Crippen LogP contribution in [0.5, 0.6) is 5.75 Å². The molecule has 158 valence electrons. The van der Waals surface area contributed by atoms with Crippen molar-refractivity contribution in [3.63, 3.8) is 0 Å². The van der Waals surface area contributed by atoms with E-state index in [-0.39, 0.29) is 41.8 Å². The van der Waals surface area contributed by atoms with E-state index in [4.69, 9.17) is 4.74 Å². The molecule has 0 radical (unpaired) electrons. The summed E-state index contributed by atoms with van der Waals surface area (Å²) in [7, 11) is 1.61. The predicted octanol–water partition coefficient (Wildman–Crippen LogP) is 3.33. The molecule has 2 rings (SSSR count). The Morgan fingerprint density at radius 3 is 2.55 bits per heavy atom. The molecule has 6 nitrogen and oxygen atoms in total. The van der Waals surface area contributed by atoms with E-state index >= 15 is 0 Å².